The topological polar surface area (TPSA) is 72.9 Å². The van der Waals surface area contributed by atoms with Gasteiger partial charge in [0.05, 0.1) is 0 Å². The van der Waals surface area contributed by atoms with E-state index in [1.165, 1.54) is 25.8 Å². The first-order chi connectivity index (χ1) is 8.60. The Balaban J connectivity index is 4.09. The molecule has 6 heteroatoms. The van der Waals surface area contributed by atoms with Gasteiger partial charge in [0.1, 0.15) is 5.54 Å². The molecule has 0 rings (SSSR count). The number of carbonyl (C=O) groups excluding carboxylic acids is 1. The van der Waals surface area contributed by atoms with Gasteiger partial charge in [-0.25, -0.2) is 9.59 Å². The largest absolute Gasteiger partial charge is 0.480 e. The fourth-order valence-electron chi connectivity index (χ4n) is 1.30. The maximum atomic E-state index is 11.8. The van der Waals surface area contributed by atoms with Crippen LogP contribution in [0.2, 0.25) is 0 Å². The van der Waals surface area contributed by atoms with Gasteiger partial charge in [-0.3, -0.25) is 0 Å². The van der Waals surface area contributed by atoms with E-state index < -0.39 is 11.5 Å². The molecular formula is C13H27N3O3. The summed E-state index contributed by atoms with van der Waals surface area (Å²) < 4.78 is 0. The van der Waals surface area contributed by atoms with Gasteiger partial charge in [0.2, 0.25) is 0 Å². The number of carboxylic acid groups (broad SMARTS) is 1. The molecule has 2 amide bonds. The van der Waals surface area contributed by atoms with Gasteiger partial charge in [-0.05, 0) is 47.7 Å². The lowest BCUT2D eigenvalue weighted by Gasteiger charge is -2.31. The minimum absolute atomic E-state index is 0.361. The van der Waals surface area contributed by atoms with Crippen LogP contribution in [0, 0.1) is 0 Å². The SMILES string of the molecule is CC(C)N(C)CCCNC(=O)N(C)C(C)(C)C(=O)O. The second-order valence-corrected chi connectivity index (χ2v) is 5.58. The summed E-state index contributed by atoms with van der Waals surface area (Å²) in [4.78, 5) is 26.2. The van der Waals surface area contributed by atoms with E-state index >= 15 is 0 Å². The summed E-state index contributed by atoms with van der Waals surface area (Å²) in [7, 11) is 3.52. The monoisotopic (exact) mass is 273 g/mol. The lowest BCUT2D eigenvalue weighted by atomic mass is 10.1. The van der Waals surface area contributed by atoms with E-state index in [0.717, 1.165) is 13.0 Å². The number of nitrogens with one attached hydrogen (secondary N) is 1. The molecule has 0 bridgehead atoms. The molecule has 0 aromatic heterocycles. The first kappa shape index (κ1) is 17.7. The van der Waals surface area contributed by atoms with Crippen molar-refractivity contribution in [2.45, 2.75) is 45.7 Å². The molecule has 0 unspecified atom stereocenters. The van der Waals surface area contributed by atoms with Gasteiger partial charge in [0.15, 0.2) is 0 Å². The molecule has 0 aliphatic heterocycles. The van der Waals surface area contributed by atoms with Crippen molar-refractivity contribution < 1.29 is 14.7 Å². The predicted octanol–water partition coefficient (Wildman–Crippen LogP) is 1.22. The lowest BCUT2D eigenvalue weighted by molar-refractivity contribution is -0.146. The highest BCUT2D eigenvalue weighted by Gasteiger charge is 2.34. The van der Waals surface area contributed by atoms with Crippen molar-refractivity contribution >= 4 is 12.0 Å². The van der Waals surface area contributed by atoms with E-state index in [2.05, 4.69) is 24.1 Å². The average molecular weight is 273 g/mol. The number of hydrogen-bond donors (Lipinski definition) is 2. The Bertz CT molecular complexity index is 316. The van der Waals surface area contributed by atoms with Crippen molar-refractivity contribution in [3.8, 4) is 0 Å². The third-order valence-corrected chi connectivity index (χ3v) is 3.51. The number of likely N-dealkylation sites (N-methyl/N-ethyl adjacent to an activating group) is 1. The van der Waals surface area contributed by atoms with Gasteiger partial charge < -0.3 is 20.2 Å². The first-order valence-corrected chi connectivity index (χ1v) is 6.56. The minimum atomic E-state index is -1.21. The summed E-state index contributed by atoms with van der Waals surface area (Å²) in [6.45, 7) is 8.66. The molecule has 0 saturated carbocycles. The molecular weight excluding hydrogens is 246 g/mol. The molecule has 0 atom stereocenters. The standard InChI is InChI=1S/C13H27N3O3/c1-10(2)15(5)9-7-8-14-12(19)16(6)13(3,4)11(17)18/h10H,7-9H2,1-6H3,(H,14,19)(H,17,18). The lowest BCUT2D eigenvalue weighted by Crippen LogP contribution is -2.54. The molecule has 0 spiro atoms. The number of amides is 2. The van der Waals surface area contributed by atoms with Crippen LogP contribution in [0.3, 0.4) is 0 Å². The van der Waals surface area contributed by atoms with Crippen LogP contribution < -0.4 is 5.32 Å². The summed E-state index contributed by atoms with van der Waals surface area (Å²) in [5.41, 5.74) is -1.21. The number of aliphatic carboxylic acids is 1. The highest BCUT2D eigenvalue weighted by atomic mass is 16.4. The molecule has 2 N–H and O–H groups in total. The maximum Gasteiger partial charge on any atom is 0.329 e. The highest BCUT2D eigenvalue weighted by Crippen LogP contribution is 2.12. The van der Waals surface area contributed by atoms with Crippen molar-refractivity contribution in [2.24, 2.45) is 0 Å². The zero-order valence-corrected chi connectivity index (χ0v) is 12.9. The van der Waals surface area contributed by atoms with Gasteiger partial charge in [0.25, 0.3) is 0 Å². The Labute approximate surface area is 115 Å². The van der Waals surface area contributed by atoms with Crippen LogP contribution in [0.25, 0.3) is 0 Å². The zero-order chi connectivity index (χ0) is 15.2. The molecule has 19 heavy (non-hydrogen) atoms. The zero-order valence-electron chi connectivity index (χ0n) is 12.9. The summed E-state index contributed by atoms with van der Waals surface area (Å²) >= 11 is 0. The maximum absolute atomic E-state index is 11.8. The van der Waals surface area contributed by atoms with Gasteiger partial charge in [-0.15, -0.1) is 0 Å². The van der Waals surface area contributed by atoms with E-state index in [1.807, 2.05) is 7.05 Å². The van der Waals surface area contributed by atoms with Crippen molar-refractivity contribution in [1.29, 1.82) is 0 Å². The Morgan fingerprint density at radius 1 is 1.26 bits per heavy atom. The van der Waals surface area contributed by atoms with Crippen LogP contribution in [0.1, 0.15) is 34.1 Å². The van der Waals surface area contributed by atoms with Crippen molar-refractivity contribution in [3.63, 3.8) is 0 Å². The summed E-state index contributed by atoms with van der Waals surface area (Å²) in [5, 5.41) is 11.8. The number of carboxylic acids is 1. The smallest absolute Gasteiger partial charge is 0.329 e. The fraction of sp³-hybridized carbons (Fsp3) is 0.846. The molecule has 0 fully saturated rings. The number of hydrogen-bond acceptors (Lipinski definition) is 3. The minimum Gasteiger partial charge on any atom is -0.480 e. The normalized spacial score (nSPS) is 11.8. The van der Waals surface area contributed by atoms with Crippen LogP contribution in [0.4, 0.5) is 4.79 Å². The van der Waals surface area contributed by atoms with Gasteiger partial charge in [0, 0.05) is 19.6 Å². The first-order valence-electron chi connectivity index (χ1n) is 6.56. The van der Waals surface area contributed by atoms with Crippen molar-refractivity contribution in [1.82, 2.24) is 15.1 Å². The third kappa shape index (κ3) is 5.46. The molecule has 6 nitrogen and oxygen atoms in total. The van der Waals surface area contributed by atoms with E-state index in [0.29, 0.717) is 12.6 Å². The van der Waals surface area contributed by atoms with Crippen LogP contribution in [0.5, 0.6) is 0 Å². The Kier molecular flexibility index (Phi) is 6.83. The second kappa shape index (κ2) is 7.33. The summed E-state index contributed by atoms with van der Waals surface area (Å²) in [6.07, 6.45) is 0.835. The number of urea groups is 1. The molecule has 112 valence electrons. The number of nitrogens with zero attached hydrogens (tertiary/aromatic N) is 2. The van der Waals surface area contributed by atoms with Gasteiger partial charge in [-0.2, -0.15) is 0 Å². The molecule has 0 radical (unpaired) electrons. The molecule has 0 heterocycles. The van der Waals surface area contributed by atoms with E-state index in [4.69, 9.17) is 5.11 Å². The van der Waals surface area contributed by atoms with Crippen LogP contribution >= 0.6 is 0 Å². The summed E-state index contributed by atoms with van der Waals surface area (Å²) in [5.74, 6) is -1.02. The molecule has 0 aromatic carbocycles. The molecule has 0 aliphatic rings. The van der Waals surface area contributed by atoms with Crippen LogP contribution in [-0.2, 0) is 4.79 Å². The Morgan fingerprint density at radius 2 is 1.79 bits per heavy atom. The van der Waals surface area contributed by atoms with Gasteiger partial charge >= 0.3 is 12.0 Å². The van der Waals surface area contributed by atoms with Crippen LogP contribution in [0.15, 0.2) is 0 Å². The predicted molar refractivity (Wildman–Crippen MR) is 75.3 cm³/mol. The van der Waals surface area contributed by atoms with E-state index in [9.17, 15) is 9.59 Å². The Morgan fingerprint density at radius 3 is 2.21 bits per heavy atom. The summed E-state index contributed by atoms with van der Waals surface area (Å²) in [6, 6.07) is 0.115. The highest BCUT2D eigenvalue weighted by molar-refractivity contribution is 5.85. The molecule has 0 saturated heterocycles. The van der Waals surface area contributed by atoms with Gasteiger partial charge in [-0.1, -0.05) is 0 Å². The van der Waals surface area contributed by atoms with Crippen molar-refractivity contribution in [3.05, 3.63) is 0 Å². The van der Waals surface area contributed by atoms with Crippen molar-refractivity contribution in [2.75, 3.05) is 27.2 Å². The molecule has 0 aliphatic carbocycles. The molecule has 0 aromatic rings. The second-order valence-electron chi connectivity index (χ2n) is 5.58. The number of carbonyl (C=O) groups is 2. The van der Waals surface area contributed by atoms with E-state index in [1.54, 1.807) is 0 Å². The fourth-order valence-corrected chi connectivity index (χ4v) is 1.30. The quantitative estimate of drug-likeness (QED) is 0.684. The van der Waals surface area contributed by atoms with Crippen LogP contribution in [-0.4, -0.2) is 65.7 Å². The number of rotatable bonds is 7. The Hall–Kier alpha value is -1.30. The third-order valence-electron chi connectivity index (χ3n) is 3.51. The van der Waals surface area contributed by atoms with E-state index in [-0.39, 0.29) is 6.03 Å². The average Bonchev–Trinajstić information content (AvgIpc) is 2.32.